The van der Waals surface area contributed by atoms with E-state index in [9.17, 15) is 9.59 Å². The number of nitrogens with zero attached hydrogens (tertiary/aromatic N) is 1. The van der Waals surface area contributed by atoms with Crippen molar-refractivity contribution in [3.63, 3.8) is 0 Å². The summed E-state index contributed by atoms with van der Waals surface area (Å²) in [5.41, 5.74) is 4.31. The molecule has 0 fully saturated rings. The van der Waals surface area contributed by atoms with Gasteiger partial charge in [-0.3, -0.25) is 9.59 Å². The number of hydrazone groups is 1. The van der Waals surface area contributed by atoms with Crippen molar-refractivity contribution < 1.29 is 9.59 Å². The number of rotatable bonds is 3. The maximum atomic E-state index is 11.8. The Bertz CT molecular complexity index is 758. The fraction of sp³-hybridized carbons (Fsp3) is 0.0625. The van der Waals surface area contributed by atoms with Crippen LogP contribution in [0.15, 0.2) is 47.6 Å². The van der Waals surface area contributed by atoms with Gasteiger partial charge in [-0.25, -0.2) is 5.43 Å². The average Bonchev–Trinajstić information content (AvgIpc) is 2.52. The highest BCUT2D eigenvalue weighted by Crippen LogP contribution is 2.25. The van der Waals surface area contributed by atoms with Gasteiger partial charge in [-0.15, -0.1) is 0 Å². The normalized spacial score (nSPS) is 10.6. The molecule has 0 aromatic heterocycles. The Kier molecular flexibility index (Phi) is 5.73. The number of nitrogens with one attached hydrogen (secondary N) is 2. The van der Waals surface area contributed by atoms with E-state index in [1.165, 1.54) is 18.3 Å². The molecule has 2 N–H and O–H groups in total. The second-order valence-electron chi connectivity index (χ2n) is 4.69. The van der Waals surface area contributed by atoms with E-state index < -0.39 is 11.8 Å². The minimum absolute atomic E-state index is 0.252. The number of hydrogen-bond acceptors (Lipinski definition) is 3. The Morgan fingerprint density at radius 1 is 1.04 bits per heavy atom. The molecule has 118 valence electrons. The van der Waals surface area contributed by atoms with E-state index in [1.54, 1.807) is 6.07 Å². The minimum atomic E-state index is -0.913. The second-order valence-corrected chi connectivity index (χ2v) is 5.53. The zero-order valence-electron chi connectivity index (χ0n) is 12.1. The van der Waals surface area contributed by atoms with Gasteiger partial charge in [0.2, 0.25) is 0 Å². The minimum Gasteiger partial charge on any atom is -0.316 e. The smallest absolute Gasteiger partial charge is 0.316 e. The van der Waals surface area contributed by atoms with Gasteiger partial charge in [-0.1, -0.05) is 53.0 Å². The van der Waals surface area contributed by atoms with E-state index in [1.807, 2.05) is 31.2 Å². The highest BCUT2D eigenvalue weighted by molar-refractivity contribution is 6.42. The molecule has 0 aliphatic rings. The lowest BCUT2D eigenvalue weighted by atomic mass is 10.2. The van der Waals surface area contributed by atoms with Crippen LogP contribution in [0.1, 0.15) is 11.1 Å². The fourth-order valence-electron chi connectivity index (χ4n) is 1.64. The highest BCUT2D eigenvalue weighted by atomic mass is 35.5. The molecule has 0 bridgehead atoms. The molecule has 2 aromatic rings. The van der Waals surface area contributed by atoms with Crippen molar-refractivity contribution in [2.45, 2.75) is 6.92 Å². The lowest BCUT2D eigenvalue weighted by Crippen LogP contribution is -2.32. The number of aryl methyl sites for hydroxylation is 1. The van der Waals surface area contributed by atoms with Crippen LogP contribution in [-0.2, 0) is 9.59 Å². The van der Waals surface area contributed by atoms with Gasteiger partial charge in [0.15, 0.2) is 0 Å². The third-order valence-electron chi connectivity index (χ3n) is 2.84. The van der Waals surface area contributed by atoms with Crippen LogP contribution >= 0.6 is 23.2 Å². The highest BCUT2D eigenvalue weighted by Gasteiger charge is 2.14. The first-order valence-electron chi connectivity index (χ1n) is 6.62. The van der Waals surface area contributed by atoms with Gasteiger partial charge in [0, 0.05) is 5.02 Å². The summed E-state index contributed by atoms with van der Waals surface area (Å²) in [4.78, 5) is 23.4. The summed E-state index contributed by atoms with van der Waals surface area (Å²) in [5, 5.41) is 6.76. The number of halogens is 2. The molecule has 0 saturated carbocycles. The van der Waals surface area contributed by atoms with Crippen LogP contribution in [0.3, 0.4) is 0 Å². The Morgan fingerprint density at radius 2 is 1.74 bits per heavy atom. The number of carbonyl (C=O) groups is 2. The Labute approximate surface area is 143 Å². The first-order chi connectivity index (χ1) is 11.0. The standard InChI is InChI=1S/C16H13Cl2N3O2/c1-10-2-4-11(5-3-10)9-19-21-16(23)15(22)20-14-8-12(17)6-7-13(14)18/h2-9H,1H3,(H,20,22)(H,21,23)/b19-9-. The molecular weight excluding hydrogens is 337 g/mol. The molecule has 0 saturated heterocycles. The molecule has 2 aromatic carbocycles. The quantitative estimate of drug-likeness (QED) is 0.506. The van der Waals surface area contributed by atoms with Crippen molar-refractivity contribution >= 4 is 46.9 Å². The van der Waals surface area contributed by atoms with Crippen molar-refractivity contribution in [3.8, 4) is 0 Å². The molecule has 5 nitrogen and oxygen atoms in total. The Balaban J connectivity index is 1.93. The summed E-state index contributed by atoms with van der Waals surface area (Å²) in [6, 6.07) is 12.1. The summed E-state index contributed by atoms with van der Waals surface area (Å²) < 4.78 is 0. The molecule has 0 spiro atoms. The van der Waals surface area contributed by atoms with Gasteiger partial charge in [-0.05, 0) is 30.7 Å². The third-order valence-corrected chi connectivity index (χ3v) is 3.40. The molecule has 7 heteroatoms. The van der Waals surface area contributed by atoms with Crippen LogP contribution in [-0.4, -0.2) is 18.0 Å². The lowest BCUT2D eigenvalue weighted by Gasteiger charge is -2.06. The number of hydrogen-bond donors (Lipinski definition) is 2. The van der Waals surface area contributed by atoms with Crippen LogP contribution in [0.25, 0.3) is 0 Å². The van der Waals surface area contributed by atoms with Crippen molar-refractivity contribution in [3.05, 3.63) is 63.6 Å². The zero-order chi connectivity index (χ0) is 16.8. The van der Waals surface area contributed by atoms with Crippen molar-refractivity contribution in [2.24, 2.45) is 5.10 Å². The first-order valence-corrected chi connectivity index (χ1v) is 7.37. The van der Waals surface area contributed by atoms with E-state index in [-0.39, 0.29) is 10.7 Å². The molecule has 0 atom stereocenters. The van der Waals surface area contributed by atoms with Crippen LogP contribution in [0.2, 0.25) is 10.0 Å². The number of anilines is 1. The van der Waals surface area contributed by atoms with E-state index in [0.717, 1.165) is 11.1 Å². The van der Waals surface area contributed by atoms with E-state index in [2.05, 4.69) is 15.8 Å². The maximum Gasteiger partial charge on any atom is 0.329 e. The maximum absolute atomic E-state index is 11.8. The average molecular weight is 350 g/mol. The van der Waals surface area contributed by atoms with Gasteiger partial charge in [0.1, 0.15) is 0 Å². The molecular formula is C16H13Cl2N3O2. The monoisotopic (exact) mass is 349 g/mol. The summed E-state index contributed by atoms with van der Waals surface area (Å²) in [6.45, 7) is 1.97. The zero-order valence-corrected chi connectivity index (χ0v) is 13.7. The van der Waals surface area contributed by atoms with Gasteiger partial charge in [-0.2, -0.15) is 5.10 Å². The van der Waals surface area contributed by atoms with Gasteiger partial charge < -0.3 is 5.32 Å². The van der Waals surface area contributed by atoms with Crippen LogP contribution < -0.4 is 10.7 Å². The number of carbonyl (C=O) groups excluding carboxylic acids is 2. The summed E-state index contributed by atoms with van der Waals surface area (Å²) >= 11 is 11.7. The largest absolute Gasteiger partial charge is 0.329 e. The molecule has 0 aliphatic carbocycles. The van der Waals surface area contributed by atoms with Crippen molar-refractivity contribution in [2.75, 3.05) is 5.32 Å². The fourth-order valence-corrected chi connectivity index (χ4v) is 1.98. The molecule has 0 heterocycles. The number of amides is 2. The topological polar surface area (TPSA) is 70.6 Å². The third kappa shape index (κ3) is 5.09. The lowest BCUT2D eigenvalue weighted by molar-refractivity contribution is -0.136. The summed E-state index contributed by atoms with van der Waals surface area (Å²) in [6.07, 6.45) is 1.44. The van der Waals surface area contributed by atoms with Crippen molar-refractivity contribution in [1.82, 2.24) is 5.43 Å². The molecule has 23 heavy (non-hydrogen) atoms. The van der Waals surface area contributed by atoms with Crippen LogP contribution in [0.4, 0.5) is 5.69 Å². The first kappa shape index (κ1) is 17.0. The predicted octanol–water partition coefficient (Wildman–Crippen LogP) is 3.39. The van der Waals surface area contributed by atoms with Crippen LogP contribution in [0, 0.1) is 6.92 Å². The summed E-state index contributed by atoms with van der Waals surface area (Å²) in [7, 11) is 0. The molecule has 2 amide bonds. The van der Waals surface area contributed by atoms with Crippen molar-refractivity contribution in [1.29, 1.82) is 0 Å². The molecule has 0 radical (unpaired) electrons. The van der Waals surface area contributed by atoms with Gasteiger partial charge in [0.25, 0.3) is 0 Å². The van der Waals surface area contributed by atoms with Crippen LogP contribution in [0.5, 0.6) is 0 Å². The predicted molar refractivity (Wildman–Crippen MR) is 92.0 cm³/mol. The van der Waals surface area contributed by atoms with Gasteiger partial charge in [0.05, 0.1) is 16.9 Å². The van der Waals surface area contributed by atoms with E-state index in [0.29, 0.717) is 5.02 Å². The molecule has 0 unspecified atom stereocenters. The number of benzene rings is 2. The Hall–Kier alpha value is -2.37. The Morgan fingerprint density at radius 3 is 2.43 bits per heavy atom. The summed E-state index contributed by atoms with van der Waals surface area (Å²) in [5.74, 6) is -1.81. The SMILES string of the molecule is Cc1ccc(/C=N\NC(=O)C(=O)Nc2cc(Cl)ccc2Cl)cc1. The van der Waals surface area contributed by atoms with E-state index in [4.69, 9.17) is 23.2 Å². The second kappa shape index (κ2) is 7.76. The van der Waals surface area contributed by atoms with Gasteiger partial charge >= 0.3 is 11.8 Å². The molecule has 2 rings (SSSR count). The molecule has 0 aliphatic heterocycles. The van der Waals surface area contributed by atoms with E-state index >= 15 is 0 Å².